The monoisotopic (exact) mass is 228 g/mol. The molecular weight excluding hydrogens is 212 g/mol. The molecule has 84 valence electrons. The zero-order chi connectivity index (χ0) is 10.7. The molecule has 1 aliphatic heterocycles. The van der Waals surface area contributed by atoms with E-state index in [1.54, 1.807) is 0 Å². The van der Waals surface area contributed by atoms with Crippen molar-refractivity contribution in [2.75, 3.05) is 37.0 Å². The minimum absolute atomic E-state index is 0.471. The molecule has 0 aromatic carbocycles. The number of nitrogens with one attached hydrogen (secondary N) is 1. The van der Waals surface area contributed by atoms with Crippen molar-refractivity contribution in [2.24, 2.45) is 0 Å². The molecule has 0 aliphatic carbocycles. The van der Waals surface area contributed by atoms with E-state index in [1.165, 1.54) is 5.75 Å². The molecule has 15 heavy (non-hydrogen) atoms. The van der Waals surface area contributed by atoms with E-state index < -0.39 is 0 Å². The highest BCUT2D eigenvalue weighted by Crippen LogP contribution is 2.13. The fourth-order valence-electron chi connectivity index (χ4n) is 1.47. The lowest BCUT2D eigenvalue weighted by molar-refractivity contribution is 0.362. The van der Waals surface area contributed by atoms with E-state index in [-0.39, 0.29) is 0 Å². The summed E-state index contributed by atoms with van der Waals surface area (Å²) < 4.78 is 5.18. The Hall–Kier alpha value is -0.750. The van der Waals surface area contributed by atoms with Crippen LogP contribution >= 0.6 is 11.8 Å². The summed E-state index contributed by atoms with van der Waals surface area (Å²) >= 11 is 1.97. The van der Waals surface area contributed by atoms with Gasteiger partial charge in [-0.25, -0.2) is 0 Å². The Morgan fingerprint density at radius 3 is 3.07 bits per heavy atom. The van der Waals surface area contributed by atoms with Crippen molar-refractivity contribution in [3.05, 3.63) is 5.89 Å². The Bertz CT molecular complexity index is 309. The van der Waals surface area contributed by atoms with E-state index in [0.717, 1.165) is 24.6 Å². The SMILES string of the molecule is CN(C)c1noc(CC2CSCCN2)n1. The van der Waals surface area contributed by atoms with Gasteiger partial charge in [0.1, 0.15) is 0 Å². The third-order valence-corrected chi connectivity index (χ3v) is 3.41. The van der Waals surface area contributed by atoms with Crippen LogP contribution in [0.25, 0.3) is 0 Å². The van der Waals surface area contributed by atoms with E-state index >= 15 is 0 Å². The molecule has 1 N–H and O–H groups in total. The van der Waals surface area contributed by atoms with Gasteiger partial charge < -0.3 is 14.7 Å². The summed E-state index contributed by atoms with van der Waals surface area (Å²) in [5.74, 6) is 3.69. The minimum atomic E-state index is 0.471. The average molecular weight is 228 g/mol. The topological polar surface area (TPSA) is 54.2 Å². The second-order valence-corrected chi connectivity index (χ2v) is 4.96. The van der Waals surface area contributed by atoms with Gasteiger partial charge >= 0.3 is 0 Å². The third-order valence-electron chi connectivity index (χ3n) is 2.28. The molecular formula is C9H16N4OS. The number of rotatable bonds is 3. The number of anilines is 1. The molecule has 1 aromatic rings. The summed E-state index contributed by atoms with van der Waals surface area (Å²) in [5.41, 5.74) is 0. The Labute approximate surface area is 93.6 Å². The molecule has 6 heteroatoms. The van der Waals surface area contributed by atoms with Crippen LogP contribution in [0.2, 0.25) is 0 Å². The van der Waals surface area contributed by atoms with Crippen molar-refractivity contribution in [3.8, 4) is 0 Å². The van der Waals surface area contributed by atoms with Crippen LogP contribution in [0.15, 0.2) is 4.52 Å². The van der Waals surface area contributed by atoms with Crippen molar-refractivity contribution >= 4 is 17.7 Å². The first-order valence-corrected chi connectivity index (χ1v) is 6.22. The van der Waals surface area contributed by atoms with Gasteiger partial charge in [-0.05, 0) is 5.16 Å². The predicted octanol–water partition coefficient (Wildman–Crippen LogP) is 0.383. The zero-order valence-corrected chi connectivity index (χ0v) is 9.88. The molecule has 5 nitrogen and oxygen atoms in total. The van der Waals surface area contributed by atoms with Crippen molar-refractivity contribution < 1.29 is 4.52 Å². The van der Waals surface area contributed by atoms with Crippen molar-refractivity contribution in [2.45, 2.75) is 12.5 Å². The Morgan fingerprint density at radius 2 is 2.47 bits per heavy atom. The van der Waals surface area contributed by atoms with E-state index in [4.69, 9.17) is 4.52 Å². The lowest BCUT2D eigenvalue weighted by atomic mass is 10.2. The lowest BCUT2D eigenvalue weighted by Gasteiger charge is -2.21. The van der Waals surface area contributed by atoms with Gasteiger partial charge in [0.15, 0.2) is 0 Å². The maximum Gasteiger partial charge on any atom is 0.265 e. The number of nitrogens with zero attached hydrogens (tertiary/aromatic N) is 3. The first-order chi connectivity index (χ1) is 7.25. The van der Waals surface area contributed by atoms with Crippen molar-refractivity contribution in [1.82, 2.24) is 15.5 Å². The molecule has 2 heterocycles. The van der Waals surface area contributed by atoms with Crippen LogP contribution in [-0.4, -0.2) is 48.3 Å². The lowest BCUT2D eigenvalue weighted by Crippen LogP contribution is -2.38. The largest absolute Gasteiger partial charge is 0.344 e. The summed E-state index contributed by atoms with van der Waals surface area (Å²) in [4.78, 5) is 6.15. The molecule has 0 amide bonds. The fraction of sp³-hybridized carbons (Fsp3) is 0.778. The summed E-state index contributed by atoms with van der Waals surface area (Å²) in [5, 5.41) is 7.33. The van der Waals surface area contributed by atoms with Gasteiger partial charge in [-0.15, -0.1) is 0 Å². The summed E-state index contributed by atoms with van der Waals surface area (Å²) in [6.45, 7) is 1.07. The highest BCUT2D eigenvalue weighted by Gasteiger charge is 2.17. The molecule has 1 unspecified atom stereocenters. The van der Waals surface area contributed by atoms with Crippen LogP contribution < -0.4 is 10.2 Å². The van der Waals surface area contributed by atoms with Crippen LogP contribution in [0.4, 0.5) is 5.95 Å². The normalized spacial score (nSPS) is 21.6. The number of aromatic nitrogens is 2. The van der Waals surface area contributed by atoms with E-state index in [2.05, 4.69) is 15.5 Å². The molecule has 1 saturated heterocycles. The number of hydrogen-bond donors (Lipinski definition) is 1. The quantitative estimate of drug-likeness (QED) is 0.807. The van der Waals surface area contributed by atoms with Crippen LogP contribution in [0, 0.1) is 0 Å². The minimum Gasteiger partial charge on any atom is -0.344 e. The molecule has 0 spiro atoms. The standard InChI is InChI=1S/C9H16N4OS/c1-13(2)9-11-8(14-12-9)5-7-6-15-4-3-10-7/h7,10H,3-6H2,1-2H3. The van der Waals surface area contributed by atoms with E-state index in [1.807, 2.05) is 30.8 Å². The molecule has 0 radical (unpaired) electrons. The molecule has 0 bridgehead atoms. The van der Waals surface area contributed by atoms with Gasteiger partial charge in [0.2, 0.25) is 5.89 Å². The van der Waals surface area contributed by atoms with E-state index in [9.17, 15) is 0 Å². The highest BCUT2D eigenvalue weighted by molar-refractivity contribution is 7.99. The Balaban J connectivity index is 1.91. The van der Waals surface area contributed by atoms with Gasteiger partial charge in [-0.2, -0.15) is 16.7 Å². The highest BCUT2D eigenvalue weighted by atomic mass is 32.2. The first kappa shape index (κ1) is 10.8. The Kier molecular flexibility index (Phi) is 3.48. The smallest absolute Gasteiger partial charge is 0.265 e. The number of hydrogen-bond acceptors (Lipinski definition) is 6. The summed E-state index contributed by atoms with van der Waals surface area (Å²) in [7, 11) is 3.81. The molecule has 1 fully saturated rings. The molecule has 0 saturated carbocycles. The molecule has 1 atom stereocenters. The van der Waals surface area contributed by atoms with Crippen molar-refractivity contribution in [1.29, 1.82) is 0 Å². The van der Waals surface area contributed by atoms with Crippen LogP contribution in [0.3, 0.4) is 0 Å². The van der Waals surface area contributed by atoms with Gasteiger partial charge in [-0.3, -0.25) is 0 Å². The average Bonchev–Trinajstić information content (AvgIpc) is 2.68. The summed E-state index contributed by atoms with van der Waals surface area (Å²) in [6, 6.07) is 0.471. The zero-order valence-electron chi connectivity index (χ0n) is 9.06. The van der Waals surface area contributed by atoms with Crippen LogP contribution in [-0.2, 0) is 6.42 Å². The third kappa shape index (κ3) is 2.85. The van der Waals surface area contributed by atoms with Gasteiger partial charge in [0, 0.05) is 44.6 Å². The second-order valence-electron chi connectivity index (χ2n) is 3.81. The molecule has 1 aliphatic rings. The maximum absolute atomic E-state index is 5.18. The Morgan fingerprint density at radius 1 is 1.60 bits per heavy atom. The maximum atomic E-state index is 5.18. The van der Waals surface area contributed by atoms with Crippen LogP contribution in [0.1, 0.15) is 5.89 Å². The fourth-order valence-corrected chi connectivity index (χ4v) is 2.42. The molecule has 2 rings (SSSR count). The van der Waals surface area contributed by atoms with Crippen molar-refractivity contribution in [3.63, 3.8) is 0 Å². The predicted molar refractivity (Wildman–Crippen MR) is 61.4 cm³/mol. The van der Waals surface area contributed by atoms with Crippen LogP contribution in [0.5, 0.6) is 0 Å². The van der Waals surface area contributed by atoms with Gasteiger partial charge in [0.05, 0.1) is 0 Å². The second kappa shape index (κ2) is 4.85. The first-order valence-electron chi connectivity index (χ1n) is 5.07. The summed E-state index contributed by atoms with van der Waals surface area (Å²) in [6.07, 6.45) is 0.827. The van der Waals surface area contributed by atoms with Gasteiger partial charge in [0.25, 0.3) is 5.95 Å². The molecule has 1 aromatic heterocycles. The van der Waals surface area contributed by atoms with Gasteiger partial charge in [-0.1, -0.05) is 0 Å². The number of thioether (sulfide) groups is 1. The van der Waals surface area contributed by atoms with E-state index in [0.29, 0.717) is 12.0 Å².